The van der Waals surface area contributed by atoms with Crippen LogP contribution in [0.3, 0.4) is 0 Å². The van der Waals surface area contributed by atoms with Gasteiger partial charge in [-0.3, -0.25) is 0 Å². The number of nitriles is 2. The molecular formula is C17H17N3O4S. The van der Waals surface area contributed by atoms with Gasteiger partial charge in [-0.25, -0.2) is 9.59 Å². The number of thioether (sulfide) groups is 1. The molecule has 1 aromatic rings. The van der Waals surface area contributed by atoms with Crippen molar-refractivity contribution in [3.05, 3.63) is 40.9 Å². The molecule has 1 N–H and O–H groups in total. The highest BCUT2D eigenvalue weighted by Crippen LogP contribution is 2.28. The first-order valence-corrected chi connectivity index (χ1v) is 8.31. The van der Waals surface area contributed by atoms with Crippen LogP contribution in [0.25, 0.3) is 0 Å². The van der Waals surface area contributed by atoms with E-state index in [1.807, 2.05) is 0 Å². The molecule has 0 unspecified atom stereocenters. The monoisotopic (exact) mass is 359 g/mol. The molecule has 8 heteroatoms. The predicted molar refractivity (Wildman–Crippen MR) is 93.0 cm³/mol. The van der Waals surface area contributed by atoms with E-state index in [9.17, 15) is 9.59 Å². The molecule has 0 fully saturated rings. The molecule has 0 aliphatic heterocycles. The Kier molecular flexibility index (Phi) is 8.62. The van der Waals surface area contributed by atoms with Crippen LogP contribution < -0.4 is 5.32 Å². The maximum Gasteiger partial charge on any atom is 0.348 e. The van der Waals surface area contributed by atoms with E-state index >= 15 is 0 Å². The SMILES string of the molecule is CCOC(=O)C(C(=O)OCC)=C(Nc1ccccc1)SC(C#N)C#N. The van der Waals surface area contributed by atoms with Crippen LogP contribution in [0.15, 0.2) is 40.9 Å². The molecule has 0 radical (unpaired) electrons. The summed E-state index contributed by atoms with van der Waals surface area (Å²) in [5.41, 5.74) is 0.193. The van der Waals surface area contributed by atoms with Crippen molar-refractivity contribution in [1.82, 2.24) is 0 Å². The van der Waals surface area contributed by atoms with Gasteiger partial charge in [-0.15, -0.1) is 0 Å². The first-order chi connectivity index (χ1) is 12.1. The lowest BCUT2D eigenvalue weighted by molar-refractivity contribution is -0.146. The quantitative estimate of drug-likeness (QED) is 0.326. The number of nitrogens with zero attached hydrogens (tertiary/aromatic N) is 2. The van der Waals surface area contributed by atoms with E-state index in [2.05, 4.69) is 5.32 Å². The van der Waals surface area contributed by atoms with Gasteiger partial charge in [0.2, 0.25) is 0 Å². The van der Waals surface area contributed by atoms with Crippen molar-refractivity contribution in [1.29, 1.82) is 10.5 Å². The van der Waals surface area contributed by atoms with Crippen molar-refractivity contribution >= 4 is 29.4 Å². The highest BCUT2D eigenvalue weighted by molar-refractivity contribution is 8.04. The van der Waals surface area contributed by atoms with Crippen molar-refractivity contribution in [2.75, 3.05) is 18.5 Å². The first-order valence-electron chi connectivity index (χ1n) is 7.43. The van der Waals surface area contributed by atoms with Gasteiger partial charge in [0.05, 0.1) is 30.4 Å². The molecule has 0 amide bonds. The Morgan fingerprint density at radius 3 is 2.04 bits per heavy atom. The zero-order valence-corrected chi connectivity index (χ0v) is 14.6. The number of hydrogen-bond acceptors (Lipinski definition) is 8. The number of para-hydroxylation sites is 1. The molecule has 0 heterocycles. The molecule has 0 aliphatic carbocycles. The number of rotatable bonds is 8. The Morgan fingerprint density at radius 1 is 1.08 bits per heavy atom. The van der Waals surface area contributed by atoms with Crippen LogP contribution in [-0.4, -0.2) is 30.4 Å². The van der Waals surface area contributed by atoms with Crippen LogP contribution in [0.1, 0.15) is 13.8 Å². The summed E-state index contributed by atoms with van der Waals surface area (Å²) in [5.74, 6) is -1.77. The predicted octanol–water partition coefficient (Wildman–Crippen LogP) is 2.59. The number of anilines is 1. The summed E-state index contributed by atoms with van der Waals surface area (Å²) in [6.07, 6.45) is 0. The summed E-state index contributed by atoms with van der Waals surface area (Å²) >= 11 is 0.746. The Balaban J connectivity index is 3.39. The van der Waals surface area contributed by atoms with Gasteiger partial charge in [-0.1, -0.05) is 30.0 Å². The number of ether oxygens (including phenoxy) is 2. The highest BCUT2D eigenvalue weighted by Gasteiger charge is 2.28. The van der Waals surface area contributed by atoms with E-state index in [0.29, 0.717) is 5.69 Å². The average Bonchev–Trinajstić information content (AvgIpc) is 2.61. The molecule has 25 heavy (non-hydrogen) atoms. The molecule has 0 bridgehead atoms. The average molecular weight is 359 g/mol. The highest BCUT2D eigenvalue weighted by atomic mass is 32.2. The summed E-state index contributed by atoms with van der Waals surface area (Å²) in [6.45, 7) is 3.33. The smallest absolute Gasteiger partial charge is 0.348 e. The van der Waals surface area contributed by atoms with Crippen molar-refractivity contribution in [2.24, 2.45) is 0 Å². The van der Waals surface area contributed by atoms with Crippen molar-refractivity contribution in [3.63, 3.8) is 0 Å². The lowest BCUT2D eigenvalue weighted by atomic mass is 10.2. The van der Waals surface area contributed by atoms with Crippen molar-refractivity contribution in [2.45, 2.75) is 19.1 Å². The van der Waals surface area contributed by atoms with Crippen LogP contribution in [0, 0.1) is 22.7 Å². The molecule has 0 saturated heterocycles. The second-order valence-electron chi connectivity index (χ2n) is 4.39. The normalized spacial score (nSPS) is 9.48. The van der Waals surface area contributed by atoms with E-state index in [1.54, 1.807) is 56.3 Å². The molecular weight excluding hydrogens is 342 g/mol. The molecule has 7 nitrogen and oxygen atoms in total. The van der Waals surface area contributed by atoms with Crippen LogP contribution >= 0.6 is 11.8 Å². The standard InChI is InChI=1S/C17H17N3O4S/c1-3-23-16(21)14(17(22)24-4-2)15(25-13(10-18)11-19)20-12-8-6-5-7-9-12/h5-9,13,20H,3-4H2,1-2H3. The van der Waals surface area contributed by atoms with Crippen LogP contribution in [0.2, 0.25) is 0 Å². The van der Waals surface area contributed by atoms with Gasteiger partial charge < -0.3 is 14.8 Å². The Bertz CT molecular complexity index is 686. The van der Waals surface area contributed by atoms with Gasteiger partial charge in [0, 0.05) is 5.69 Å². The van der Waals surface area contributed by atoms with Crippen LogP contribution in [-0.2, 0) is 19.1 Å². The molecule has 0 spiro atoms. The third-order valence-electron chi connectivity index (χ3n) is 2.69. The van der Waals surface area contributed by atoms with Crippen molar-refractivity contribution < 1.29 is 19.1 Å². The zero-order valence-electron chi connectivity index (χ0n) is 13.8. The molecule has 1 aromatic carbocycles. The molecule has 0 aromatic heterocycles. The van der Waals surface area contributed by atoms with Crippen molar-refractivity contribution in [3.8, 4) is 12.1 Å². The number of esters is 2. The fourth-order valence-electron chi connectivity index (χ4n) is 1.68. The molecule has 0 saturated carbocycles. The second kappa shape index (κ2) is 10.7. The second-order valence-corrected chi connectivity index (χ2v) is 5.51. The topological polar surface area (TPSA) is 112 Å². The maximum atomic E-state index is 12.2. The van der Waals surface area contributed by atoms with Gasteiger partial charge in [-0.05, 0) is 26.0 Å². The number of benzene rings is 1. The van der Waals surface area contributed by atoms with E-state index in [4.69, 9.17) is 20.0 Å². The number of carbonyl (C=O) groups excluding carboxylic acids is 2. The molecule has 0 atom stereocenters. The minimum atomic E-state index is -1.12. The summed E-state index contributed by atoms with van der Waals surface area (Å²) in [6, 6.07) is 12.3. The molecule has 130 valence electrons. The lowest BCUT2D eigenvalue weighted by Gasteiger charge is -2.15. The van der Waals surface area contributed by atoms with E-state index < -0.39 is 17.2 Å². The van der Waals surface area contributed by atoms with Gasteiger partial charge in [0.25, 0.3) is 0 Å². The minimum absolute atomic E-state index is 0.0243. The third-order valence-corrected chi connectivity index (χ3v) is 3.68. The van der Waals surface area contributed by atoms with E-state index in [0.717, 1.165) is 11.8 Å². The Labute approximate surface area is 150 Å². The van der Waals surface area contributed by atoms with Gasteiger partial charge in [0.1, 0.15) is 0 Å². The largest absolute Gasteiger partial charge is 0.462 e. The fraction of sp³-hybridized carbons (Fsp3) is 0.294. The first kappa shape index (κ1) is 20.1. The lowest BCUT2D eigenvalue weighted by Crippen LogP contribution is -2.22. The van der Waals surface area contributed by atoms with Gasteiger partial charge in [0.15, 0.2) is 10.8 Å². The number of nitrogens with one attached hydrogen (secondary N) is 1. The van der Waals surface area contributed by atoms with Gasteiger partial charge in [-0.2, -0.15) is 10.5 Å². The molecule has 1 rings (SSSR count). The summed E-state index contributed by atoms with van der Waals surface area (Å²) in [4.78, 5) is 24.5. The van der Waals surface area contributed by atoms with E-state index in [-0.39, 0.29) is 23.8 Å². The summed E-state index contributed by atoms with van der Waals surface area (Å²) < 4.78 is 9.84. The minimum Gasteiger partial charge on any atom is -0.462 e. The Hall–Kier alpha value is -2.97. The maximum absolute atomic E-state index is 12.2. The van der Waals surface area contributed by atoms with Gasteiger partial charge >= 0.3 is 11.9 Å². The summed E-state index contributed by atoms with van der Waals surface area (Å²) in [5, 5.41) is 19.9. The van der Waals surface area contributed by atoms with E-state index in [1.165, 1.54) is 0 Å². The Morgan fingerprint density at radius 2 is 1.60 bits per heavy atom. The zero-order chi connectivity index (χ0) is 18.7. The molecule has 0 aliphatic rings. The van der Waals surface area contributed by atoms with Crippen LogP contribution in [0.5, 0.6) is 0 Å². The van der Waals surface area contributed by atoms with Crippen LogP contribution in [0.4, 0.5) is 5.69 Å². The summed E-state index contributed by atoms with van der Waals surface area (Å²) in [7, 11) is 0. The number of hydrogen-bond donors (Lipinski definition) is 1. The number of carbonyl (C=O) groups is 2. The fourth-order valence-corrected chi connectivity index (χ4v) is 2.48. The third kappa shape index (κ3) is 6.21.